The summed E-state index contributed by atoms with van der Waals surface area (Å²) in [5, 5.41) is 0.170. The molecular weight excluding hydrogens is 352 g/mol. The molecule has 0 N–H and O–H groups in total. The maximum Gasteiger partial charge on any atom is 0.140 e. The number of rotatable bonds is 9. The highest BCUT2D eigenvalue weighted by Crippen LogP contribution is 2.32. The molecule has 27 heavy (non-hydrogen) atoms. The van der Waals surface area contributed by atoms with E-state index < -0.39 is 0 Å². The van der Waals surface area contributed by atoms with Crippen LogP contribution < -0.4 is 0 Å². The lowest BCUT2D eigenvalue weighted by Crippen LogP contribution is -2.36. The Morgan fingerprint density at radius 3 is 2.04 bits per heavy atom. The third-order valence-corrected chi connectivity index (χ3v) is 5.71. The van der Waals surface area contributed by atoms with Crippen LogP contribution in [0.2, 0.25) is 0 Å². The first kappa shape index (κ1) is 21.7. The number of hydrogen-bond donors (Lipinski definition) is 0. The van der Waals surface area contributed by atoms with Crippen molar-refractivity contribution in [1.29, 1.82) is 0 Å². The Bertz CT molecular complexity index is 648. The van der Waals surface area contributed by atoms with Gasteiger partial charge in [0.1, 0.15) is 5.78 Å². The van der Waals surface area contributed by atoms with Crippen molar-refractivity contribution in [3.8, 4) is 0 Å². The Balaban J connectivity index is 2.28. The fraction of sp³-hybridized carbons (Fsp3) is 0.458. The number of ether oxygens (including phenoxy) is 1. The largest absolute Gasteiger partial charge is 0.374 e. The average Bonchev–Trinajstić information content (AvgIpc) is 2.61. The van der Waals surface area contributed by atoms with E-state index in [1.165, 1.54) is 10.5 Å². The normalized spacial score (nSPS) is 14.1. The van der Waals surface area contributed by atoms with Crippen LogP contribution >= 0.6 is 11.8 Å². The number of benzene rings is 2. The smallest absolute Gasteiger partial charge is 0.140 e. The lowest BCUT2D eigenvalue weighted by molar-refractivity contribution is -0.130. The molecule has 2 aromatic carbocycles. The second-order valence-corrected chi connectivity index (χ2v) is 9.57. The van der Waals surface area contributed by atoms with E-state index in [-0.39, 0.29) is 28.7 Å². The molecular formula is C24H32O2S. The lowest BCUT2D eigenvalue weighted by atomic mass is 9.86. The topological polar surface area (TPSA) is 26.3 Å². The average molecular weight is 385 g/mol. The van der Waals surface area contributed by atoms with Crippen LogP contribution in [0.25, 0.3) is 0 Å². The first-order valence-corrected chi connectivity index (χ1v) is 10.6. The van der Waals surface area contributed by atoms with Crippen molar-refractivity contribution in [3.05, 3.63) is 66.2 Å². The highest BCUT2D eigenvalue weighted by Gasteiger charge is 2.31. The lowest BCUT2D eigenvalue weighted by Gasteiger charge is -2.30. The molecule has 2 aromatic rings. The molecule has 0 aliphatic carbocycles. The number of carbonyl (C=O) groups excluding carboxylic acids is 1. The number of thioether (sulfide) groups is 1. The molecule has 0 fully saturated rings. The van der Waals surface area contributed by atoms with E-state index in [2.05, 4.69) is 48.5 Å². The first-order valence-electron chi connectivity index (χ1n) is 9.70. The van der Waals surface area contributed by atoms with Gasteiger partial charge in [0, 0.05) is 22.0 Å². The zero-order valence-corrected chi connectivity index (χ0v) is 18.0. The molecule has 0 aliphatic heterocycles. The molecule has 146 valence electrons. The molecule has 2 rings (SSSR count). The van der Waals surface area contributed by atoms with Gasteiger partial charge >= 0.3 is 0 Å². The molecule has 0 amide bonds. The van der Waals surface area contributed by atoms with Crippen LogP contribution in [-0.4, -0.2) is 23.2 Å². The predicted molar refractivity (Wildman–Crippen MR) is 115 cm³/mol. The van der Waals surface area contributed by atoms with Crippen molar-refractivity contribution < 1.29 is 9.53 Å². The van der Waals surface area contributed by atoms with Crippen LogP contribution in [0.4, 0.5) is 0 Å². The summed E-state index contributed by atoms with van der Waals surface area (Å²) in [5.74, 6) is 0.250. The van der Waals surface area contributed by atoms with Gasteiger partial charge in [-0.05, 0) is 38.0 Å². The molecule has 0 bridgehead atoms. The summed E-state index contributed by atoms with van der Waals surface area (Å²) in [6.07, 6.45) is 1.27. The third kappa shape index (κ3) is 7.51. The van der Waals surface area contributed by atoms with Gasteiger partial charge in [-0.15, -0.1) is 11.8 Å². The van der Waals surface area contributed by atoms with Crippen LogP contribution in [0.3, 0.4) is 0 Å². The SMILES string of the molecule is CC(C)OC(CC(=O)C(C)(C)C)C(Cc1ccccc1)Sc1ccccc1. The van der Waals surface area contributed by atoms with Crippen molar-refractivity contribution in [2.75, 3.05) is 0 Å². The second kappa shape index (κ2) is 10.1. The summed E-state index contributed by atoms with van der Waals surface area (Å²) < 4.78 is 6.28. The van der Waals surface area contributed by atoms with Gasteiger partial charge in [-0.3, -0.25) is 4.79 Å². The Labute approximate surface area is 168 Å². The van der Waals surface area contributed by atoms with Crippen molar-refractivity contribution >= 4 is 17.5 Å². The van der Waals surface area contributed by atoms with Gasteiger partial charge in [-0.2, -0.15) is 0 Å². The maximum atomic E-state index is 12.8. The Kier molecular flexibility index (Phi) is 8.12. The van der Waals surface area contributed by atoms with Crippen LogP contribution in [0, 0.1) is 5.41 Å². The van der Waals surface area contributed by atoms with E-state index >= 15 is 0 Å². The summed E-state index contributed by atoms with van der Waals surface area (Å²) in [4.78, 5) is 14.0. The van der Waals surface area contributed by atoms with Crippen LogP contribution in [0.5, 0.6) is 0 Å². The summed E-state index contributed by atoms with van der Waals surface area (Å²) in [5.41, 5.74) is 0.916. The predicted octanol–water partition coefficient (Wildman–Crippen LogP) is 6.19. The molecule has 0 aromatic heterocycles. The molecule has 0 heterocycles. The fourth-order valence-electron chi connectivity index (χ4n) is 2.87. The number of Topliss-reactive ketones (excluding diaryl/α,β-unsaturated/α-hetero) is 1. The zero-order valence-electron chi connectivity index (χ0n) is 17.1. The van der Waals surface area contributed by atoms with E-state index in [4.69, 9.17) is 4.74 Å². The van der Waals surface area contributed by atoms with Gasteiger partial charge in [-0.25, -0.2) is 0 Å². The highest BCUT2D eigenvalue weighted by molar-refractivity contribution is 8.00. The van der Waals surface area contributed by atoms with Gasteiger partial charge in [0.25, 0.3) is 0 Å². The summed E-state index contributed by atoms with van der Waals surface area (Å²) in [6, 6.07) is 20.9. The van der Waals surface area contributed by atoms with Gasteiger partial charge in [0.15, 0.2) is 0 Å². The van der Waals surface area contributed by atoms with Crippen molar-refractivity contribution in [2.24, 2.45) is 5.41 Å². The highest BCUT2D eigenvalue weighted by atomic mass is 32.2. The molecule has 2 atom stereocenters. The number of hydrogen-bond acceptors (Lipinski definition) is 3. The second-order valence-electron chi connectivity index (χ2n) is 8.26. The van der Waals surface area contributed by atoms with Gasteiger partial charge in [0.05, 0.1) is 12.2 Å². The van der Waals surface area contributed by atoms with Crippen molar-refractivity contribution in [3.63, 3.8) is 0 Å². The monoisotopic (exact) mass is 384 g/mol. The van der Waals surface area contributed by atoms with E-state index in [0.717, 1.165) is 6.42 Å². The number of carbonyl (C=O) groups is 1. The molecule has 3 heteroatoms. The molecule has 2 unspecified atom stereocenters. The first-order chi connectivity index (χ1) is 12.8. The minimum Gasteiger partial charge on any atom is -0.374 e. The minimum atomic E-state index is -0.354. The van der Waals surface area contributed by atoms with Crippen LogP contribution in [0.15, 0.2) is 65.6 Å². The Hall–Kier alpha value is -1.58. The van der Waals surface area contributed by atoms with Gasteiger partial charge in [-0.1, -0.05) is 69.3 Å². The quantitative estimate of drug-likeness (QED) is 0.482. The van der Waals surface area contributed by atoms with E-state index in [0.29, 0.717) is 6.42 Å². The van der Waals surface area contributed by atoms with E-state index in [1.807, 2.05) is 58.5 Å². The Morgan fingerprint density at radius 1 is 0.963 bits per heavy atom. The zero-order chi connectivity index (χ0) is 19.9. The van der Waals surface area contributed by atoms with Crippen molar-refractivity contribution in [2.45, 2.75) is 69.8 Å². The summed E-state index contributed by atoms with van der Waals surface area (Å²) in [7, 11) is 0. The van der Waals surface area contributed by atoms with Crippen LogP contribution in [-0.2, 0) is 16.0 Å². The van der Waals surface area contributed by atoms with E-state index in [1.54, 1.807) is 0 Å². The van der Waals surface area contributed by atoms with E-state index in [9.17, 15) is 4.79 Å². The molecule has 0 saturated heterocycles. The minimum absolute atomic E-state index is 0.0809. The molecule has 0 aliphatic rings. The van der Waals surface area contributed by atoms with Crippen molar-refractivity contribution in [1.82, 2.24) is 0 Å². The maximum absolute atomic E-state index is 12.8. The molecule has 2 nitrogen and oxygen atoms in total. The fourth-order valence-corrected chi connectivity index (χ4v) is 4.13. The molecule has 0 radical (unpaired) electrons. The molecule has 0 saturated carbocycles. The standard InChI is InChI=1S/C24H32O2S/c1-18(2)26-21(17-23(25)24(3,4)5)22(16-19-12-8-6-9-13-19)27-20-14-10-7-11-15-20/h6-15,18,21-22H,16-17H2,1-5H3. The molecule has 0 spiro atoms. The van der Waals surface area contributed by atoms with Gasteiger partial charge < -0.3 is 4.74 Å². The Morgan fingerprint density at radius 2 is 1.52 bits per heavy atom. The van der Waals surface area contributed by atoms with Crippen LogP contribution in [0.1, 0.15) is 46.6 Å². The number of ketones is 1. The third-order valence-electron chi connectivity index (χ3n) is 4.40. The summed E-state index contributed by atoms with van der Waals surface area (Å²) in [6.45, 7) is 10.0. The van der Waals surface area contributed by atoms with Gasteiger partial charge in [0.2, 0.25) is 0 Å². The summed E-state index contributed by atoms with van der Waals surface area (Å²) >= 11 is 1.81.